The average molecular weight is 371 g/mol. The summed E-state index contributed by atoms with van der Waals surface area (Å²) in [5, 5.41) is 1.74. The van der Waals surface area contributed by atoms with Crippen molar-refractivity contribution in [2.45, 2.75) is 57.0 Å². The van der Waals surface area contributed by atoms with Crippen molar-refractivity contribution in [3.8, 4) is 0 Å². The van der Waals surface area contributed by atoms with Crippen LogP contribution < -0.4 is 5.56 Å². The highest BCUT2D eigenvalue weighted by molar-refractivity contribution is 7.98. The molecule has 0 bridgehead atoms. The largest absolute Gasteiger partial charge is 0.287 e. The molecule has 0 N–H and O–H groups in total. The third-order valence-electron chi connectivity index (χ3n) is 4.84. The maximum absolute atomic E-state index is 13.1. The number of hydrogen-bond acceptors (Lipinski definition) is 4. The van der Waals surface area contributed by atoms with Crippen molar-refractivity contribution in [3.63, 3.8) is 0 Å². The SMILES string of the molecule is CCn1c(SCc2ccc(C)cc2)nc2sc3c(c2c1=O)CCCC3. The minimum absolute atomic E-state index is 0.151. The molecule has 1 aromatic carbocycles. The maximum Gasteiger partial charge on any atom is 0.263 e. The number of fused-ring (bicyclic) bond motifs is 3. The molecule has 0 fully saturated rings. The van der Waals surface area contributed by atoms with Crippen molar-refractivity contribution in [2.24, 2.45) is 0 Å². The fourth-order valence-electron chi connectivity index (χ4n) is 3.44. The Labute approximate surface area is 156 Å². The lowest BCUT2D eigenvalue weighted by Gasteiger charge is -2.12. The monoisotopic (exact) mass is 370 g/mol. The van der Waals surface area contributed by atoms with Gasteiger partial charge in [-0.2, -0.15) is 0 Å². The van der Waals surface area contributed by atoms with Crippen LogP contribution in [-0.4, -0.2) is 9.55 Å². The highest BCUT2D eigenvalue weighted by Crippen LogP contribution is 2.35. The molecule has 2 heterocycles. The summed E-state index contributed by atoms with van der Waals surface area (Å²) in [7, 11) is 0. The topological polar surface area (TPSA) is 34.9 Å². The van der Waals surface area contributed by atoms with Gasteiger partial charge in [-0.25, -0.2) is 4.98 Å². The Morgan fingerprint density at radius 1 is 1.20 bits per heavy atom. The molecule has 0 saturated heterocycles. The van der Waals surface area contributed by atoms with Gasteiger partial charge in [-0.3, -0.25) is 9.36 Å². The smallest absolute Gasteiger partial charge is 0.263 e. The molecule has 0 atom stereocenters. The molecule has 0 amide bonds. The summed E-state index contributed by atoms with van der Waals surface area (Å²) in [5.41, 5.74) is 3.96. The molecule has 5 heteroatoms. The molecular formula is C20H22N2OS2. The van der Waals surface area contributed by atoms with E-state index < -0.39 is 0 Å². The summed E-state index contributed by atoms with van der Waals surface area (Å²) >= 11 is 3.40. The van der Waals surface area contributed by atoms with Crippen molar-refractivity contribution in [1.29, 1.82) is 0 Å². The summed E-state index contributed by atoms with van der Waals surface area (Å²) in [5.74, 6) is 0.837. The second kappa shape index (κ2) is 6.96. The third-order valence-corrected chi connectivity index (χ3v) is 7.08. The van der Waals surface area contributed by atoms with Crippen LogP contribution >= 0.6 is 23.1 Å². The Morgan fingerprint density at radius 2 is 1.96 bits per heavy atom. The van der Waals surface area contributed by atoms with E-state index in [1.54, 1.807) is 23.1 Å². The number of hydrogen-bond donors (Lipinski definition) is 0. The number of thioether (sulfide) groups is 1. The summed E-state index contributed by atoms with van der Waals surface area (Å²) in [6.45, 7) is 4.80. The predicted octanol–water partition coefficient (Wildman–Crippen LogP) is 4.96. The normalized spacial score (nSPS) is 14.0. The molecule has 0 unspecified atom stereocenters. The lowest BCUT2D eigenvalue weighted by molar-refractivity contribution is 0.633. The number of thiophene rings is 1. The molecular weight excluding hydrogens is 348 g/mol. The average Bonchev–Trinajstić information content (AvgIpc) is 3.00. The van der Waals surface area contributed by atoms with E-state index in [1.165, 1.54) is 34.4 Å². The van der Waals surface area contributed by atoms with Crippen LogP contribution in [0.3, 0.4) is 0 Å². The zero-order valence-corrected chi connectivity index (χ0v) is 16.3. The molecule has 4 rings (SSSR count). The molecule has 130 valence electrons. The second-order valence-electron chi connectivity index (χ2n) is 6.61. The van der Waals surface area contributed by atoms with E-state index in [1.807, 2.05) is 11.5 Å². The van der Waals surface area contributed by atoms with E-state index in [-0.39, 0.29) is 5.56 Å². The molecule has 0 spiro atoms. The Kier molecular flexibility index (Phi) is 4.69. The van der Waals surface area contributed by atoms with Gasteiger partial charge in [-0.15, -0.1) is 11.3 Å². The molecule has 0 aliphatic heterocycles. The molecule has 1 aliphatic rings. The number of rotatable bonds is 4. The number of aryl methyl sites for hydroxylation is 3. The van der Waals surface area contributed by atoms with Crippen LogP contribution in [0.2, 0.25) is 0 Å². The van der Waals surface area contributed by atoms with Gasteiger partial charge >= 0.3 is 0 Å². The lowest BCUT2D eigenvalue weighted by Crippen LogP contribution is -2.22. The zero-order valence-electron chi connectivity index (χ0n) is 14.7. The zero-order chi connectivity index (χ0) is 17.4. The first-order valence-corrected chi connectivity index (χ1v) is 10.7. The van der Waals surface area contributed by atoms with Crippen LogP contribution in [0.5, 0.6) is 0 Å². The first-order chi connectivity index (χ1) is 12.2. The van der Waals surface area contributed by atoms with Crippen molar-refractivity contribution in [3.05, 3.63) is 56.2 Å². The summed E-state index contributed by atoms with van der Waals surface area (Å²) in [6, 6.07) is 8.57. The van der Waals surface area contributed by atoms with Crippen LogP contribution in [0, 0.1) is 6.92 Å². The van der Waals surface area contributed by atoms with Crippen LogP contribution in [-0.2, 0) is 25.1 Å². The minimum atomic E-state index is 0.151. The maximum atomic E-state index is 13.1. The lowest BCUT2D eigenvalue weighted by atomic mass is 9.97. The van der Waals surface area contributed by atoms with E-state index in [2.05, 4.69) is 31.2 Å². The van der Waals surface area contributed by atoms with Gasteiger partial charge in [0, 0.05) is 17.2 Å². The molecule has 25 heavy (non-hydrogen) atoms. The van der Waals surface area contributed by atoms with Crippen molar-refractivity contribution in [1.82, 2.24) is 9.55 Å². The Hall–Kier alpha value is -1.59. The van der Waals surface area contributed by atoms with Crippen molar-refractivity contribution in [2.75, 3.05) is 0 Å². The first-order valence-electron chi connectivity index (χ1n) is 8.90. The van der Waals surface area contributed by atoms with Gasteiger partial charge in [0.2, 0.25) is 0 Å². The fraction of sp³-hybridized carbons (Fsp3) is 0.400. The molecule has 0 saturated carbocycles. The van der Waals surface area contributed by atoms with Gasteiger partial charge in [0.15, 0.2) is 5.16 Å². The van der Waals surface area contributed by atoms with Gasteiger partial charge < -0.3 is 0 Å². The highest BCUT2D eigenvalue weighted by Gasteiger charge is 2.21. The summed E-state index contributed by atoms with van der Waals surface area (Å²) < 4.78 is 1.85. The fourth-order valence-corrected chi connectivity index (χ4v) is 5.76. The predicted molar refractivity (Wildman–Crippen MR) is 107 cm³/mol. The first kappa shape index (κ1) is 16.9. The molecule has 3 aromatic rings. The minimum Gasteiger partial charge on any atom is -0.287 e. The van der Waals surface area contributed by atoms with Gasteiger partial charge in [-0.1, -0.05) is 41.6 Å². The third kappa shape index (κ3) is 3.15. The standard InChI is InChI=1S/C20H22N2OS2/c1-3-22-19(23)17-15-6-4-5-7-16(15)25-18(17)21-20(22)24-12-14-10-8-13(2)9-11-14/h8-11H,3-7,12H2,1-2H3. The Bertz CT molecular complexity index is 970. The van der Waals surface area contributed by atoms with E-state index in [4.69, 9.17) is 4.98 Å². The van der Waals surface area contributed by atoms with Gasteiger partial charge in [0.1, 0.15) is 4.83 Å². The molecule has 0 radical (unpaired) electrons. The van der Waals surface area contributed by atoms with Crippen molar-refractivity contribution < 1.29 is 0 Å². The highest BCUT2D eigenvalue weighted by atomic mass is 32.2. The Balaban J connectivity index is 1.73. The number of benzene rings is 1. The van der Waals surface area contributed by atoms with Crippen molar-refractivity contribution >= 4 is 33.3 Å². The summed E-state index contributed by atoms with van der Waals surface area (Å²) in [6.07, 6.45) is 4.56. The van der Waals surface area contributed by atoms with E-state index >= 15 is 0 Å². The molecule has 2 aromatic heterocycles. The van der Waals surface area contributed by atoms with Crippen LogP contribution in [0.25, 0.3) is 10.2 Å². The van der Waals surface area contributed by atoms with Gasteiger partial charge in [0.25, 0.3) is 5.56 Å². The van der Waals surface area contributed by atoms with E-state index in [9.17, 15) is 4.79 Å². The van der Waals surface area contributed by atoms with Crippen LogP contribution in [0.15, 0.2) is 34.2 Å². The van der Waals surface area contributed by atoms with Crippen LogP contribution in [0.1, 0.15) is 41.3 Å². The van der Waals surface area contributed by atoms with E-state index in [0.717, 1.165) is 34.0 Å². The van der Waals surface area contributed by atoms with Crippen LogP contribution in [0.4, 0.5) is 0 Å². The quantitative estimate of drug-likeness (QED) is 0.481. The summed E-state index contributed by atoms with van der Waals surface area (Å²) in [4.78, 5) is 20.3. The molecule has 1 aliphatic carbocycles. The number of aromatic nitrogens is 2. The number of nitrogens with zero attached hydrogens (tertiary/aromatic N) is 2. The van der Waals surface area contributed by atoms with Gasteiger partial charge in [-0.05, 0) is 50.7 Å². The molecule has 3 nitrogen and oxygen atoms in total. The van der Waals surface area contributed by atoms with E-state index in [0.29, 0.717) is 6.54 Å². The Morgan fingerprint density at radius 3 is 2.72 bits per heavy atom. The van der Waals surface area contributed by atoms with Gasteiger partial charge in [0.05, 0.1) is 5.39 Å². The second-order valence-corrected chi connectivity index (χ2v) is 8.64.